The molecule has 28 heavy (non-hydrogen) atoms. The first-order valence-electron chi connectivity index (χ1n) is 8.80. The van der Waals surface area contributed by atoms with Crippen molar-refractivity contribution in [3.05, 3.63) is 32.7 Å². The molecule has 1 aliphatic carbocycles. The number of anilines is 1. The fourth-order valence-corrected chi connectivity index (χ4v) is 3.83. The minimum absolute atomic E-state index is 0. The summed E-state index contributed by atoms with van der Waals surface area (Å²) in [6.45, 7) is 0.320. The molecule has 0 spiro atoms. The fourth-order valence-electron chi connectivity index (χ4n) is 3.83. The molecule has 0 unspecified atom stereocenters. The molecule has 0 amide bonds. The summed E-state index contributed by atoms with van der Waals surface area (Å²) in [5.41, 5.74) is 4.34. The molecule has 4 rings (SSSR count). The van der Waals surface area contributed by atoms with E-state index in [4.69, 9.17) is 16.3 Å². The maximum atomic E-state index is 15.0. The second-order valence-corrected chi connectivity index (χ2v) is 7.11. The fraction of sp³-hybridized carbons (Fsp3) is 0.529. The highest BCUT2D eigenvalue weighted by atomic mass is 35.5. The molecular weight excluding hydrogens is 396 g/mol. The summed E-state index contributed by atoms with van der Waals surface area (Å²) in [7, 11) is 1.33. The number of methoxy groups -OCH3 is 1. The molecule has 0 bridgehead atoms. The zero-order valence-electron chi connectivity index (χ0n) is 15.2. The van der Waals surface area contributed by atoms with Crippen LogP contribution in [0.4, 0.5) is 14.5 Å². The minimum Gasteiger partial charge on any atom is -0.492 e. The second-order valence-electron chi connectivity index (χ2n) is 7.11. The lowest BCUT2D eigenvalue weighted by atomic mass is 10.1. The minimum atomic E-state index is -1.20. The van der Waals surface area contributed by atoms with Crippen molar-refractivity contribution in [3.8, 4) is 5.75 Å². The van der Waals surface area contributed by atoms with Gasteiger partial charge in [0.1, 0.15) is 17.4 Å². The van der Waals surface area contributed by atoms with Gasteiger partial charge in [-0.05, 0) is 25.5 Å². The Balaban J connectivity index is 0.00000225. The molecule has 11 heteroatoms. The van der Waals surface area contributed by atoms with Crippen molar-refractivity contribution in [2.24, 2.45) is 11.7 Å². The highest BCUT2D eigenvalue weighted by molar-refractivity contribution is 5.91. The van der Waals surface area contributed by atoms with Gasteiger partial charge in [0, 0.05) is 25.0 Å². The van der Waals surface area contributed by atoms with Gasteiger partial charge in [-0.15, -0.1) is 12.4 Å². The van der Waals surface area contributed by atoms with Crippen LogP contribution >= 0.6 is 12.4 Å². The Kier molecular flexibility index (Phi) is 5.28. The van der Waals surface area contributed by atoms with Crippen LogP contribution in [0.2, 0.25) is 0 Å². The summed E-state index contributed by atoms with van der Waals surface area (Å²) in [5, 5.41) is -0.0477. The largest absolute Gasteiger partial charge is 0.492 e. The number of benzene rings is 1. The Morgan fingerprint density at radius 2 is 1.96 bits per heavy atom. The zero-order valence-corrected chi connectivity index (χ0v) is 16.0. The molecule has 8 nitrogen and oxygen atoms in total. The maximum absolute atomic E-state index is 15.0. The lowest BCUT2D eigenvalue weighted by molar-refractivity contribution is 0.289. The molecule has 2 fully saturated rings. The smallest absolute Gasteiger partial charge is 0.350 e. The topological polar surface area (TPSA) is 109 Å². The van der Waals surface area contributed by atoms with Crippen molar-refractivity contribution in [2.45, 2.75) is 25.1 Å². The van der Waals surface area contributed by atoms with Gasteiger partial charge >= 0.3 is 5.69 Å². The molecule has 154 valence electrons. The van der Waals surface area contributed by atoms with Crippen LogP contribution in [0.5, 0.6) is 5.75 Å². The monoisotopic (exact) mass is 417 g/mol. The third kappa shape index (κ3) is 2.91. The predicted octanol–water partition coefficient (Wildman–Crippen LogP) is 0.514. The molecule has 0 radical (unpaired) electrons. The number of nitrogens with two attached hydrogens (primary N) is 2. The van der Waals surface area contributed by atoms with E-state index in [1.54, 1.807) is 0 Å². The molecule has 4 N–H and O–H groups in total. The number of ether oxygens (including phenoxy) is 1. The number of hydrogen-bond acceptors (Lipinski definition) is 6. The maximum Gasteiger partial charge on any atom is 0.350 e. The Morgan fingerprint density at radius 3 is 2.50 bits per heavy atom. The Hall–Kier alpha value is -2.33. The zero-order chi connectivity index (χ0) is 19.5. The van der Waals surface area contributed by atoms with Gasteiger partial charge in [0.05, 0.1) is 12.5 Å². The number of rotatable bonds is 4. The molecule has 2 aromatic rings. The standard InChI is InChI=1S/C17H21F2N5O3.ClH/c1-27-15-13-10(16(25)24(21)17(26)23(13)9-2-3-9)4-11(18)14(15)22-6-8(5-20)12(19)7-22;/h4,8-9,12H,2-3,5-7,20-21H2,1H3;1H/t8-,12-;/m0./s1. The van der Waals surface area contributed by atoms with Crippen molar-refractivity contribution in [1.29, 1.82) is 0 Å². The Morgan fingerprint density at radius 1 is 1.29 bits per heavy atom. The van der Waals surface area contributed by atoms with Crippen LogP contribution in [0.15, 0.2) is 15.7 Å². The molecule has 1 saturated carbocycles. The Bertz CT molecular complexity index is 1040. The van der Waals surface area contributed by atoms with Crippen molar-refractivity contribution in [2.75, 3.05) is 37.5 Å². The van der Waals surface area contributed by atoms with Crippen molar-refractivity contribution in [3.63, 3.8) is 0 Å². The van der Waals surface area contributed by atoms with E-state index in [-0.39, 0.29) is 60.4 Å². The highest BCUT2D eigenvalue weighted by Gasteiger charge is 2.37. The SMILES string of the molecule is COc1c(N2C[C@H](CN)[C@@H](F)C2)c(F)cc2c(=O)n(N)c(=O)n(C3CC3)c12.Cl. The molecule has 1 aromatic heterocycles. The Labute approximate surface area is 165 Å². The van der Waals surface area contributed by atoms with Crippen molar-refractivity contribution >= 4 is 29.0 Å². The van der Waals surface area contributed by atoms with Crippen LogP contribution in [-0.4, -0.2) is 42.2 Å². The van der Waals surface area contributed by atoms with Gasteiger partial charge in [-0.3, -0.25) is 9.36 Å². The van der Waals surface area contributed by atoms with Gasteiger partial charge in [-0.1, -0.05) is 0 Å². The predicted molar refractivity (Wildman–Crippen MR) is 104 cm³/mol. The van der Waals surface area contributed by atoms with E-state index >= 15 is 0 Å². The third-order valence-corrected chi connectivity index (χ3v) is 5.38. The van der Waals surface area contributed by atoms with E-state index < -0.39 is 29.2 Å². The van der Waals surface area contributed by atoms with Crippen LogP contribution < -0.4 is 32.5 Å². The average Bonchev–Trinajstić information content (AvgIpc) is 3.41. The van der Waals surface area contributed by atoms with E-state index in [1.165, 1.54) is 16.6 Å². The summed E-state index contributed by atoms with van der Waals surface area (Å²) in [4.78, 5) is 26.6. The first-order valence-corrected chi connectivity index (χ1v) is 8.80. The number of hydrogen-bond donors (Lipinski definition) is 2. The summed E-state index contributed by atoms with van der Waals surface area (Å²) in [6, 6.07) is 0.909. The number of nitrogen functional groups attached to an aromatic ring is 1. The number of halogens is 3. The van der Waals surface area contributed by atoms with E-state index in [1.807, 2.05) is 0 Å². The first kappa shape index (κ1) is 20.4. The third-order valence-electron chi connectivity index (χ3n) is 5.38. The van der Waals surface area contributed by atoms with E-state index in [0.717, 1.165) is 18.9 Å². The number of fused-ring (bicyclic) bond motifs is 1. The molecule has 2 atom stereocenters. The van der Waals surface area contributed by atoms with Crippen LogP contribution in [0.25, 0.3) is 10.9 Å². The van der Waals surface area contributed by atoms with Gasteiger partial charge in [0.2, 0.25) is 0 Å². The normalized spacial score (nSPS) is 21.8. The van der Waals surface area contributed by atoms with Crippen LogP contribution in [0.3, 0.4) is 0 Å². The number of nitrogens with zero attached hydrogens (tertiary/aromatic N) is 3. The van der Waals surface area contributed by atoms with Gasteiger partial charge in [-0.25, -0.2) is 13.6 Å². The summed E-state index contributed by atoms with van der Waals surface area (Å²) >= 11 is 0. The first-order chi connectivity index (χ1) is 12.9. The van der Waals surface area contributed by atoms with Gasteiger partial charge in [-0.2, -0.15) is 4.68 Å². The molecule has 1 saturated heterocycles. The molecule has 2 heterocycles. The highest BCUT2D eigenvalue weighted by Crippen LogP contribution is 2.43. The number of aromatic nitrogens is 2. The van der Waals surface area contributed by atoms with Crippen molar-refractivity contribution in [1.82, 2.24) is 9.24 Å². The van der Waals surface area contributed by atoms with Gasteiger partial charge in [0.15, 0.2) is 11.6 Å². The van der Waals surface area contributed by atoms with Crippen LogP contribution in [0.1, 0.15) is 18.9 Å². The summed E-state index contributed by atoms with van der Waals surface area (Å²) < 4.78 is 36.5. The van der Waals surface area contributed by atoms with E-state index in [0.29, 0.717) is 4.68 Å². The lowest BCUT2D eigenvalue weighted by Crippen LogP contribution is -2.44. The second kappa shape index (κ2) is 7.25. The molecule has 1 aliphatic heterocycles. The van der Waals surface area contributed by atoms with Gasteiger partial charge in [0.25, 0.3) is 5.56 Å². The lowest BCUT2D eigenvalue weighted by Gasteiger charge is -2.24. The molecular formula is C17H22ClF2N5O3. The van der Waals surface area contributed by atoms with E-state index in [2.05, 4.69) is 0 Å². The molecule has 1 aromatic carbocycles. The summed E-state index contributed by atoms with van der Waals surface area (Å²) in [5.74, 6) is 4.49. The quantitative estimate of drug-likeness (QED) is 0.702. The number of alkyl halides is 1. The van der Waals surface area contributed by atoms with Gasteiger partial charge < -0.3 is 21.2 Å². The van der Waals surface area contributed by atoms with E-state index in [9.17, 15) is 18.4 Å². The summed E-state index contributed by atoms with van der Waals surface area (Å²) in [6.07, 6.45) is 0.292. The van der Waals surface area contributed by atoms with Crippen LogP contribution in [-0.2, 0) is 0 Å². The van der Waals surface area contributed by atoms with Crippen molar-refractivity contribution < 1.29 is 13.5 Å². The average molecular weight is 418 g/mol. The molecule has 2 aliphatic rings. The van der Waals surface area contributed by atoms with Crippen LogP contribution in [0, 0.1) is 11.7 Å².